The van der Waals surface area contributed by atoms with Crippen molar-refractivity contribution < 1.29 is 98.8 Å². The van der Waals surface area contributed by atoms with Gasteiger partial charge in [-0.05, 0) is 100 Å². The van der Waals surface area contributed by atoms with E-state index in [1.54, 1.807) is 25.1 Å². The normalized spacial score (nSPS) is 17.9. The van der Waals surface area contributed by atoms with Crippen LogP contribution in [0.5, 0.6) is 34.5 Å². The zero-order valence-corrected chi connectivity index (χ0v) is 57.6. The molecule has 0 spiro atoms. The first-order valence-corrected chi connectivity index (χ1v) is 33.3. The number of carbonyl (C=O) groups excluding carboxylic acids is 4. The first-order chi connectivity index (χ1) is 50.7. The van der Waals surface area contributed by atoms with Crippen molar-refractivity contribution >= 4 is 75.1 Å². The molecule has 8 aromatic rings. The number of aliphatic hydroxyl groups excluding tert-OH is 4. The number of benzene rings is 5. The van der Waals surface area contributed by atoms with E-state index in [1.165, 1.54) is 74.2 Å². The fraction of sp³-hybridized carbons (Fsp3) is 0.338. The van der Waals surface area contributed by atoms with Crippen LogP contribution in [0.2, 0.25) is 0 Å². The van der Waals surface area contributed by atoms with Crippen LogP contribution in [0.1, 0.15) is 109 Å². The molecule has 6 heterocycles. The lowest BCUT2D eigenvalue weighted by molar-refractivity contribution is -0.386. The fourth-order valence-electron chi connectivity index (χ4n) is 12.1. The molecule has 0 saturated carbocycles. The van der Waals surface area contributed by atoms with Gasteiger partial charge in [-0.2, -0.15) is 0 Å². The lowest BCUT2D eigenvalue weighted by Gasteiger charge is -2.44. The highest BCUT2D eigenvalue weighted by Crippen LogP contribution is 2.44. The summed E-state index contributed by atoms with van der Waals surface area (Å²) < 4.78 is 16.3. The highest BCUT2D eigenvalue weighted by molar-refractivity contribution is 6.01. The van der Waals surface area contributed by atoms with E-state index >= 15 is 0 Å². The van der Waals surface area contributed by atoms with Crippen molar-refractivity contribution in [3.8, 4) is 34.5 Å². The number of amides is 4. The van der Waals surface area contributed by atoms with Gasteiger partial charge in [0.25, 0.3) is 45.3 Å². The number of rotatable bonds is 17. The lowest BCUT2D eigenvalue weighted by Crippen LogP contribution is -2.49. The van der Waals surface area contributed by atoms with Crippen LogP contribution in [0, 0.1) is 32.6 Å². The van der Waals surface area contributed by atoms with Gasteiger partial charge in [-0.3, -0.25) is 58.6 Å². The Bertz CT molecular complexity index is 4810. The number of nitro groups is 2. The number of carboxylic acids is 1. The Hall–Kier alpha value is -12.5. The zero-order valence-electron chi connectivity index (χ0n) is 57.6. The second-order valence-corrected chi connectivity index (χ2v) is 25.7. The number of aliphatic hydroxyl groups is 4. The average Bonchev–Trinajstić information content (AvgIpc) is 1.22. The summed E-state index contributed by atoms with van der Waals surface area (Å²) in [6.07, 6.45) is -0.175. The first kappa shape index (κ1) is 78.6. The number of nitrogen functional groups attached to an aromatic ring is 1. The van der Waals surface area contributed by atoms with Gasteiger partial charge >= 0.3 is 17.3 Å². The molecule has 5 aliphatic rings. The summed E-state index contributed by atoms with van der Waals surface area (Å²) in [4.78, 5) is 133. The van der Waals surface area contributed by atoms with E-state index in [-0.39, 0.29) is 117 Å². The molecule has 4 amide bonds. The largest absolute Gasteiger partial charge is 0.505 e. The Morgan fingerprint density at radius 2 is 0.916 bits per heavy atom. The third-order valence-corrected chi connectivity index (χ3v) is 18.0. The number of ether oxygens (including phenoxy) is 2. The van der Waals surface area contributed by atoms with Crippen molar-refractivity contribution in [3.05, 3.63) is 204 Å². The molecule has 0 aliphatic carbocycles. The second kappa shape index (κ2) is 33.5. The van der Waals surface area contributed by atoms with Crippen molar-refractivity contribution in [3.63, 3.8) is 0 Å². The zero-order chi connectivity index (χ0) is 78.0. The summed E-state index contributed by atoms with van der Waals surface area (Å²) in [6.45, 7) is 9.22. The summed E-state index contributed by atoms with van der Waals surface area (Å²) in [6, 6.07) is 24.1. The summed E-state index contributed by atoms with van der Waals surface area (Å²) in [5.74, 6) is -4.07. The molecule has 566 valence electrons. The second-order valence-electron chi connectivity index (χ2n) is 25.7. The number of nitrogens with one attached hydrogen (secondary N) is 3. The van der Waals surface area contributed by atoms with Crippen LogP contribution >= 0.6 is 0 Å². The van der Waals surface area contributed by atoms with Gasteiger partial charge in [0.2, 0.25) is 11.5 Å². The molecule has 5 atom stereocenters. The quantitative estimate of drug-likeness (QED) is 0.0201. The van der Waals surface area contributed by atoms with Gasteiger partial charge in [-0.25, -0.2) is 4.79 Å². The Morgan fingerprint density at radius 3 is 1.29 bits per heavy atom. The summed E-state index contributed by atoms with van der Waals surface area (Å²) >= 11 is 0. The van der Waals surface area contributed by atoms with Crippen LogP contribution in [0.4, 0.5) is 45.5 Å². The Kier molecular flexibility index (Phi) is 24.6. The van der Waals surface area contributed by atoms with Gasteiger partial charge in [0, 0.05) is 69.9 Å². The molecule has 1 unspecified atom stereocenters. The number of furan rings is 1. The summed E-state index contributed by atoms with van der Waals surface area (Å²) in [5.41, 5.74) is 1.36. The number of aryl methyl sites for hydroxylation is 1. The Morgan fingerprint density at radius 1 is 0.542 bits per heavy atom. The Labute approximate surface area is 605 Å². The lowest BCUT2D eigenvalue weighted by atomic mass is 9.79. The fourth-order valence-corrected chi connectivity index (χ4v) is 12.1. The van der Waals surface area contributed by atoms with E-state index in [0.717, 1.165) is 24.0 Å². The van der Waals surface area contributed by atoms with Crippen LogP contribution < -0.4 is 48.1 Å². The number of nitro benzene ring substituents is 2. The molecular formula is C71H76N10O26. The standard InChI is InChI=1S/C25H27N3O7.C17H18N2O6.C11H12N2O5.C11H14N2O3.C7H5NO5/c1-13-6-7-17(35-13)23(25(2)11-34-12-25)27-19-18(21(31)22(19)32)26-16-5-3-4-15(20(16)30)24(33)28-9-8-14(29)10-28;1-2-25-16-12(14(22)15(16)23)18-11-5-3-4-10(13(11)21)17(24)19-7-6-9(20)8-19;14-7-4-5-12(6-7)11(16)8-2-1-3-9(10(8)15)13(17)18;12-9-3-1-2-8(10(9)15)11(16)13-5-4-7(14)6-13;9-6-4(7(10)11)2-1-3-5(6)8(12)13/h3-7,14,23,26-27,29-30H,8-12H2,1-2H3;3-5,9,18,20-21H,2,6-8H2,1H3;1-3,7,14-15H,4-6H2;1-3,7,14-15H,4-6,12H2;1-3,9H,(H,10,11)/t14-,23?;9-;2*7-;/m1111./s1. The van der Waals surface area contributed by atoms with Gasteiger partial charge < -0.3 is 106 Å². The van der Waals surface area contributed by atoms with Crippen molar-refractivity contribution in [2.75, 3.05) is 93.9 Å². The number of hydrogen-bond donors (Lipinski definition) is 14. The van der Waals surface area contributed by atoms with Crippen LogP contribution in [0.3, 0.4) is 0 Å². The molecule has 7 aromatic carbocycles. The number of phenolic OH excluding ortho intramolecular Hbond substituents is 4. The van der Waals surface area contributed by atoms with E-state index in [0.29, 0.717) is 77.4 Å². The number of nitrogens with two attached hydrogens (primary N) is 1. The predicted octanol–water partition coefficient (Wildman–Crippen LogP) is 4.05. The number of para-hydroxylation sites is 5. The number of phenols is 5. The van der Waals surface area contributed by atoms with Crippen LogP contribution in [-0.2, 0) is 4.74 Å². The molecule has 5 fully saturated rings. The van der Waals surface area contributed by atoms with Gasteiger partial charge in [0.05, 0.1) is 99.4 Å². The number of aromatic hydroxyl groups is 5. The molecule has 0 bridgehead atoms. The SMILES string of the molecule is CCOc1c(Nc2cccc(C(=O)N3CC[C@@H](O)C3)c2O)c(=O)c1=O.Cc1ccc(C(Nc2c(Nc3cccc(C(=O)N4CC[C@@H](O)C4)c3O)c(=O)c2=O)C2(C)COC2)o1.Nc1cccc(C(=O)N2CC[C@@H](O)C2)c1O.O=C(O)c1cccc([N+](=O)[O-])c1O.O=C(c1cccc([N+](=O)[O-])c1O)N1CC[C@@H](O)C1. The van der Waals surface area contributed by atoms with Crippen molar-refractivity contribution in [2.45, 2.75) is 76.9 Å². The van der Waals surface area contributed by atoms with E-state index in [2.05, 4.69) is 16.0 Å². The minimum atomic E-state index is -1.40. The van der Waals surface area contributed by atoms with Gasteiger partial charge in [-0.15, -0.1) is 0 Å². The van der Waals surface area contributed by atoms with E-state index < -0.39 is 114 Å². The predicted molar refractivity (Wildman–Crippen MR) is 381 cm³/mol. The molecule has 13 rings (SSSR count). The maximum absolute atomic E-state index is 12.8. The van der Waals surface area contributed by atoms with Crippen molar-refractivity contribution in [2.24, 2.45) is 5.41 Å². The summed E-state index contributed by atoms with van der Waals surface area (Å²) in [5, 5.41) is 126. The molecule has 107 heavy (non-hydrogen) atoms. The van der Waals surface area contributed by atoms with E-state index in [1.807, 2.05) is 26.0 Å². The third kappa shape index (κ3) is 17.5. The topological polar surface area (TPSA) is 549 Å². The smallest absolute Gasteiger partial charge is 0.339 e. The molecule has 36 nitrogen and oxygen atoms in total. The van der Waals surface area contributed by atoms with Gasteiger partial charge in [0.1, 0.15) is 34.1 Å². The first-order valence-electron chi connectivity index (χ1n) is 33.3. The molecule has 5 aliphatic heterocycles. The van der Waals surface area contributed by atoms with Crippen molar-refractivity contribution in [1.82, 2.24) is 19.6 Å². The molecule has 0 radical (unpaired) electrons. The minimum Gasteiger partial charge on any atom is -0.505 e. The number of carboxylic acid groups (broad SMARTS) is 1. The van der Waals surface area contributed by atoms with Crippen molar-refractivity contribution in [1.29, 1.82) is 0 Å². The molecule has 5 saturated heterocycles. The number of carbonyl (C=O) groups is 5. The van der Waals surface area contributed by atoms with Crippen LogP contribution in [-0.4, -0.2) is 207 Å². The van der Waals surface area contributed by atoms with Crippen LogP contribution in [0.25, 0.3) is 0 Å². The number of hydrogen-bond acceptors (Lipinski definition) is 29. The highest BCUT2D eigenvalue weighted by Gasteiger charge is 2.45. The molecule has 1 aromatic heterocycles. The number of likely N-dealkylation sites (tertiary alicyclic amines) is 4. The monoisotopic (exact) mass is 1480 g/mol. The number of aromatic carboxylic acids is 1. The van der Waals surface area contributed by atoms with E-state index in [4.69, 9.17) is 29.8 Å². The maximum atomic E-state index is 12.8. The number of anilines is 6. The molecular weight excluding hydrogens is 1410 g/mol. The minimum absolute atomic E-state index is 0.00335. The average molecular weight is 1490 g/mol. The maximum Gasteiger partial charge on any atom is 0.339 e. The van der Waals surface area contributed by atoms with Gasteiger partial charge in [-0.1, -0.05) is 37.3 Å². The van der Waals surface area contributed by atoms with E-state index in [9.17, 15) is 104 Å². The molecule has 15 N–H and O–H groups in total. The molecule has 36 heteroatoms. The third-order valence-electron chi connectivity index (χ3n) is 18.0. The number of β-amino-alcohol motifs (C(OH)–C–C–N with tert-alkyl or cyclic N) is 4. The number of nitrogens with zero attached hydrogens (tertiary/aromatic N) is 6. The van der Waals surface area contributed by atoms with Gasteiger partial charge in [0.15, 0.2) is 23.0 Å². The Balaban J connectivity index is 0.000000162. The van der Waals surface area contributed by atoms with Crippen LogP contribution in [0.15, 0.2) is 127 Å². The summed E-state index contributed by atoms with van der Waals surface area (Å²) in [7, 11) is 0. The highest BCUT2D eigenvalue weighted by atomic mass is 16.6.